The molecule has 0 saturated carbocycles. The van der Waals surface area contributed by atoms with Crippen LogP contribution in [0, 0.1) is 6.92 Å². The molecule has 0 aliphatic carbocycles. The lowest BCUT2D eigenvalue weighted by atomic mass is 10.1. The molecule has 0 amide bonds. The summed E-state index contributed by atoms with van der Waals surface area (Å²) < 4.78 is 35.7. The molecule has 1 aromatic heterocycles. The summed E-state index contributed by atoms with van der Waals surface area (Å²) in [6, 6.07) is 20.1. The Balaban J connectivity index is 1.79. The summed E-state index contributed by atoms with van der Waals surface area (Å²) in [5.41, 5.74) is 3.33. The molecule has 37 heavy (non-hydrogen) atoms. The Bertz CT molecular complexity index is 1570. The van der Waals surface area contributed by atoms with Crippen LogP contribution in [0.2, 0.25) is 5.02 Å². The van der Waals surface area contributed by atoms with Crippen LogP contribution in [0.4, 0.5) is 0 Å². The summed E-state index contributed by atoms with van der Waals surface area (Å²) >= 11 is 6.40. The van der Waals surface area contributed by atoms with E-state index in [1.807, 2.05) is 66.5 Å². The summed E-state index contributed by atoms with van der Waals surface area (Å²) in [7, 11) is -0.575. The maximum absolute atomic E-state index is 14.4. The summed E-state index contributed by atoms with van der Waals surface area (Å²) in [6.07, 6.45) is 1.79. The molecule has 1 saturated heterocycles. The average Bonchev–Trinajstić information content (AvgIpc) is 3.25. The minimum atomic E-state index is -4.13. The van der Waals surface area contributed by atoms with E-state index in [0.29, 0.717) is 16.2 Å². The van der Waals surface area contributed by atoms with Crippen molar-refractivity contribution >= 4 is 38.7 Å². The zero-order chi connectivity index (χ0) is 26.2. The molecule has 0 unspecified atom stereocenters. The molecule has 0 bridgehead atoms. The number of halogens is 1. The lowest BCUT2D eigenvalue weighted by Gasteiger charge is -2.30. The van der Waals surface area contributed by atoms with E-state index in [2.05, 4.69) is 11.9 Å². The van der Waals surface area contributed by atoms with Crippen molar-refractivity contribution in [2.24, 2.45) is 5.10 Å². The summed E-state index contributed by atoms with van der Waals surface area (Å²) in [4.78, 5) is 2.27. The number of hydrazone groups is 1. The molecular weight excluding hydrogens is 508 g/mol. The lowest BCUT2D eigenvalue weighted by molar-refractivity contribution is 0.159. The number of piperazine rings is 1. The van der Waals surface area contributed by atoms with Gasteiger partial charge in [0.15, 0.2) is 0 Å². The average molecular weight is 537 g/mol. The second kappa shape index (κ2) is 10.2. The number of fused-ring (bicyclic) bond motifs is 1. The Labute approximate surface area is 222 Å². The highest BCUT2D eigenvalue weighted by Crippen LogP contribution is 2.39. The zero-order valence-corrected chi connectivity index (χ0v) is 22.6. The first kappa shape index (κ1) is 25.3. The lowest BCUT2D eigenvalue weighted by Crippen LogP contribution is -2.41. The van der Waals surface area contributed by atoms with Crippen molar-refractivity contribution < 1.29 is 13.2 Å². The number of hydrogen-bond acceptors (Lipinski definition) is 6. The molecule has 3 aromatic carbocycles. The maximum atomic E-state index is 14.4. The SMILES string of the molecule is COc1cc(C)c(Cl)cc1S(=O)(=O)n1c(-c2ccccc2)c(/C=N/N2CCN(C)CC2)c2ccccc21. The molecule has 1 aliphatic rings. The molecular formula is C28H29ClN4O3S. The van der Waals surface area contributed by atoms with Crippen molar-refractivity contribution in [1.29, 1.82) is 0 Å². The van der Waals surface area contributed by atoms with E-state index in [1.165, 1.54) is 17.1 Å². The Kier molecular flexibility index (Phi) is 6.98. The number of benzene rings is 3. The highest BCUT2D eigenvalue weighted by Gasteiger charge is 2.30. The van der Waals surface area contributed by atoms with Gasteiger partial charge in [0.1, 0.15) is 10.6 Å². The first-order valence-corrected chi connectivity index (χ1v) is 13.9. The van der Waals surface area contributed by atoms with Gasteiger partial charge < -0.3 is 9.64 Å². The summed E-state index contributed by atoms with van der Waals surface area (Å²) in [5, 5.41) is 7.95. The topological polar surface area (TPSA) is 67.1 Å². The van der Waals surface area contributed by atoms with E-state index >= 15 is 0 Å². The molecule has 9 heteroatoms. The number of hydrogen-bond donors (Lipinski definition) is 0. The standard InChI is InChI=1S/C28H29ClN4O3S/c1-20-17-26(36-3)27(18-24(20)29)37(34,35)33-25-12-8-7-11-22(25)23(28(33)21-9-5-4-6-10-21)19-30-32-15-13-31(2)14-16-32/h4-12,17-19H,13-16H2,1-3H3/b30-19+. The van der Waals surface area contributed by atoms with Gasteiger partial charge in [0.05, 0.1) is 24.5 Å². The number of nitrogens with zero attached hydrogens (tertiary/aromatic N) is 4. The van der Waals surface area contributed by atoms with Gasteiger partial charge in [-0.3, -0.25) is 5.01 Å². The van der Waals surface area contributed by atoms with Crippen LogP contribution in [-0.2, 0) is 10.0 Å². The molecule has 1 fully saturated rings. The van der Waals surface area contributed by atoms with E-state index in [4.69, 9.17) is 21.4 Å². The van der Waals surface area contributed by atoms with Gasteiger partial charge in [-0.15, -0.1) is 0 Å². The van der Waals surface area contributed by atoms with Gasteiger partial charge in [0.2, 0.25) is 0 Å². The van der Waals surface area contributed by atoms with Gasteiger partial charge in [-0.2, -0.15) is 5.10 Å². The number of methoxy groups -OCH3 is 1. The van der Waals surface area contributed by atoms with Gasteiger partial charge in [-0.25, -0.2) is 12.4 Å². The Morgan fingerprint density at radius 3 is 2.35 bits per heavy atom. The number of ether oxygens (including phenoxy) is 1. The van der Waals surface area contributed by atoms with Crippen LogP contribution >= 0.6 is 11.6 Å². The van der Waals surface area contributed by atoms with Gasteiger partial charge in [-0.05, 0) is 43.3 Å². The Morgan fingerprint density at radius 2 is 1.65 bits per heavy atom. The Hall–Kier alpha value is -3.33. The number of likely N-dealkylation sites (N-methyl/N-ethyl adjacent to an activating group) is 1. The normalized spacial score (nSPS) is 15.1. The van der Waals surface area contributed by atoms with Crippen LogP contribution in [0.25, 0.3) is 22.2 Å². The van der Waals surface area contributed by atoms with Crippen LogP contribution in [0.15, 0.2) is 76.7 Å². The van der Waals surface area contributed by atoms with Crippen molar-refractivity contribution in [1.82, 2.24) is 13.9 Å². The molecule has 0 spiro atoms. The number of aromatic nitrogens is 1. The zero-order valence-electron chi connectivity index (χ0n) is 21.1. The molecule has 5 rings (SSSR count). The van der Waals surface area contributed by atoms with Gasteiger partial charge >= 0.3 is 0 Å². The monoisotopic (exact) mass is 536 g/mol. The van der Waals surface area contributed by atoms with Crippen LogP contribution in [-0.4, -0.2) is 68.9 Å². The van der Waals surface area contributed by atoms with E-state index in [9.17, 15) is 8.42 Å². The smallest absolute Gasteiger partial charge is 0.272 e. The molecule has 1 aliphatic heterocycles. The van der Waals surface area contributed by atoms with Crippen molar-refractivity contribution in [3.05, 3.63) is 82.9 Å². The third kappa shape index (κ3) is 4.72. The van der Waals surface area contributed by atoms with E-state index in [0.717, 1.165) is 48.3 Å². The van der Waals surface area contributed by atoms with Crippen molar-refractivity contribution in [2.45, 2.75) is 11.8 Å². The van der Waals surface area contributed by atoms with Crippen molar-refractivity contribution in [3.63, 3.8) is 0 Å². The first-order valence-electron chi connectivity index (χ1n) is 12.1. The van der Waals surface area contributed by atoms with Crippen molar-refractivity contribution in [2.75, 3.05) is 40.3 Å². The largest absolute Gasteiger partial charge is 0.495 e. The second-order valence-electron chi connectivity index (χ2n) is 9.17. The quantitative estimate of drug-likeness (QED) is 0.321. The van der Waals surface area contributed by atoms with Gasteiger partial charge in [-0.1, -0.05) is 60.1 Å². The van der Waals surface area contributed by atoms with E-state index in [1.54, 1.807) is 12.3 Å². The predicted molar refractivity (Wildman–Crippen MR) is 149 cm³/mol. The molecule has 4 aromatic rings. The molecule has 2 heterocycles. The first-order chi connectivity index (χ1) is 17.8. The fraction of sp³-hybridized carbons (Fsp3) is 0.250. The van der Waals surface area contributed by atoms with Crippen LogP contribution in [0.3, 0.4) is 0 Å². The minimum Gasteiger partial charge on any atom is -0.495 e. The number of para-hydroxylation sites is 1. The van der Waals surface area contributed by atoms with Crippen LogP contribution < -0.4 is 4.74 Å². The Morgan fingerprint density at radius 1 is 0.973 bits per heavy atom. The number of aryl methyl sites for hydroxylation is 1. The van der Waals surface area contributed by atoms with E-state index in [-0.39, 0.29) is 10.6 Å². The van der Waals surface area contributed by atoms with Crippen LogP contribution in [0.5, 0.6) is 5.75 Å². The van der Waals surface area contributed by atoms with Gasteiger partial charge in [0.25, 0.3) is 10.0 Å². The fourth-order valence-electron chi connectivity index (χ4n) is 4.63. The van der Waals surface area contributed by atoms with Gasteiger partial charge in [0, 0.05) is 42.2 Å². The van der Waals surface area contributed by atoms with Crippen molar-refractivity contribution in [3.8, 4) is 17.0 Å². The molecule has 0 radical (unpaired) electrons. The molecule has 0 N–H and O–H groups in total. The van der Waals surface area contributed by atoms with Crippen LogP contribution in [0.1, 0.15) is 11.1 Å². The molecule has 7 nitrogen and oxygen atoms in total. The third-order valence-electron chi connectivity index (χ3n) is 6.71. The molecule has 0 atom stereocenters. The second-order valence-corrected chi connectivity index (χ2v) is 11.3. The minimum absolute atomic E-state index is 0.00564. The summed E-state index contributed by atoms with van der Waals surface area (Å²) in [6.45, 7) is 5.28. The fourth-order valence-corrected chi connectivity index (χ4v) is 6.58. The maximum Gasteiger partial charge on any atom is 0.272 e. The number of rotatable bonds is 6. The predicted octanol–water partition coefficient (Wildman–Crippen LogP) is 5.10. The highest BCUT2D eigenvalue weighted by atomic mass is 35.5. The van der Waals surface area contributed by atoms with E-state index < -0.39 is 10.0 Å². The highest BCUT2D eigenvalue weighted by molar-refractivity contribution is 7.90. The molecule has 192 valence electrons. The third-order valence-corrected chi connectivity index (χ3v) is 8.85. The summed E-state index contributed by atoms with van der Waals surface area (Å²) in [5.74, 6) is 0.242.